The zero-order valence-corrected chi connectivity index (χ0v) is 12.0. The number of hydrogen-bond donors (Lipinski definition) is 1. The van der Waals surface area contributed by atoms with Gasteiger partial charge < -0.3 is 5.32 Å². The Bertz CT molecular complexity index is 586. The van der Waals surface area contributed by atoms with Crippen molar-refractivity contribution in [3.63, 3.8) is 0 Å². The Morgan fingerprint density at radius 3 is 2.14 bits per heavy atom. The van der Waals surface area contributed by atoms with Crippen LogP contribution in [0, 0.1) is 0 Å². The van der Waals surface area contributed by atoms with E-state index in [0.717, 1.165) is 23.4 Å². The van der Waals surface area contributed by atoms with E-state index in [1.807, 2.05) is 18.2 Å². The van der Waals surface area contributed by atoms with E-state index < -0.39 is 11.7 Å². The van der Waals surface area contributed by atoms with Crippen LogP contribution in [0.5, 0.6) is 0 Å². The molecule has 0 atom stereocenters. The van der Waals surface area contributed by atoms with Gasteiger partial charge in [0, 0.05) is 12.2 Å². The van der Waals surface area contributed by atoms with Crippen molar-refractivity contribution in [2.45, 2.75) is 32.5 Å². The zero-order valence-electron chi connectivity index (χ0n) is 12.0. The summed E-state index contributed by atoms with van der Waals surface area (Å²) >= 11 is 0. The molecule has 1 N–H and O–H groups in total. The van der Waals surface area contributed by atoms with Gasteiger partial charge in [-0.2, -0.15) is 13.2 Å². The largest absolute Gasteiger partial charge is 0.416 e. The minimum absolute atomic E-state index is 0.390. The lowest BCUT2D eigenvalue weighted by molar-refractivity contribution is -0.137. The van der Waals surface area contributed by atoms with Gasteiger partial charge in [-0.25, -0.2) is 0 Å². The average molecular weight is 293 g/mol. The molecular formula is C17H18F3N. The zero-order chi connectivity index (χ0) is 15.5. The molecule has 2 rings (SSSR count). The van der Waals surface area contributed by atoms with Crippen LogP contribution in [0.1, 0.15) is 36.5 Å². The maximum atomic E-state index is 12.5. The summed E-state index contributed by atoms with van der Waals surface area (Å²) in [5.41, 5.74) is 2.42. The molecule has 4 heteroatoms. The third-order valence-electron chi connectivity index (χ3n) is 3.35. The highest BCUT2D eigenvalue weighted by Crippen LogP contribution is 2.29. The van der Waals surface area contributed by atoms with Gasteiger partial charge in [0.15, 0.2) is 0 Å². The molecule has 0 radical (unpaired) electrons. The molecule has 2 aromatic carbocycles. The van der Waals surface area contributed by atoms with E-state index >= 15 is 0 Å². The topological polar surface area (TPSA) is 12.0 Å². The first-order valence-electron chi connectivity index (χ1n) is 6.87. The van der Waals surface area contributed by atoms with Crippen LogP contribution in [0.2, 0.25) is 0 Å². The maximum Gasteiger partial charge on any atom is 0.416 e. The maximum absolute atomic E-state index is 12.5. The fourth-order valence-electron chi connectivity index (χ4n) is 2.17. The van der Waals surface area contributed by atoms with Gasteiger partial charge in [-0.3, -0.25) is 0 Å². The first-order valence-corrected chi connectivity index (χ1v) is 6.87. The molecule has 1 nitrogen and oxygen atoms in total. The summed E-state index contributed by atoms with van der Waals surface area (Å²) in [6.45, 7) is 4.72. The van der Waals surface area contributed by atoms with Crippen molar-refractivity contribution in [1.29, 1.82) is 0 Å². The Kier molecular flexibility index (Phi) is 4.56. The standard InChI is InChI=1S/C17H18F3N/c1-12(2)15-5-3-4-6-16(15)21-11-13-7-9-14(10-8-13)17(18,19)20/h3-10,12,21H,11H2,1-2H3. The number of halogens is 3. The molecule has 0 aliphatic carbocycles. The molecule has 0 heterocycles. The second-order valence-corrected chi connectivity index (χ2v) is 5.29. The van der Waals surface area contributed by atoms with E-state index in [4.69, 9.17) is 0 Å². The van der Waals surface area contributed by atoms with Crippen LogP contribution in [0.25, 0.3) is 0 Å². The first kappa shape index (κ1) is 15.4. The van der Waals surface area contributed by atoms with E-state index in [9.17, 15) is 13.2 Å². The molecule has 2 aromatic rings. The van der Waals surface area contributed by atoms with Gasteiger partial charge in [0.25, 0.3) is 0 Å². The van der Waals surface area contributed by atoms with Gasteiger partial charge in [0.05, 0.1) is 5.56 Å². The summed E-state index contributed by atoms with van der Waals surface area (Å²) in [6.07, 6.45) is -4.28. The molecular weight excluding hydrogens is 275 g/mol. The van der Waals surface area contributed by atoms with Crippen molar-refractivity contribution in [3.8, 4) is 0 Å². The molecule has 112 valence electrons. The summed E-state index contributed by atoms with van der Waals surface area (Å²) in [4.78, 5) is 0. The van der Waals surface area contributed by atoms with Crippen molar-refractivity contribution in [3.05, 3.63) is 65.2 Å². The van der Waals surface area contributed by atoms with Crippen LogP contribution < -0.4 is 5.32 Å². The normalized spacial score (nSPS) is 11.7. The Morgan fingerprint density at radius 1 is 0.952 bits per heavy atom. The lowest BCUT2D eigenvalue weighted by Gasteiger charge is -2.15. The van der Waals surface area contributed by atoms with Gasteiger partial charge in [-0.05, 0) is 35.2 Å². The molecule has 0 spiro atoms. The Hall–Kier alpha value is -1.97. The molecule has 0 fully saturated rings. The van der Waals surface area contributed by atoms with E-state index in [0.29, 0.717) is 12.5 Å². The van der Waals surface area contributed by atoms with E-state index in [-0.39, 0.29) is 0 Å². The molecule has 0 saturated carbocycles. The lowest BCUT2D eigenvalue weighted by atomic mass is 10.0. The fourth-order valence-corrected chi connectivity index (χ4v) is 2.17. The van der Waals surface area contributed by atoms with Gasteiger partial charge in [0.1, 0.15) is 0 Å². The third-order valence-corrected chi connectivity index (χ3v) is 3.35. The van der Waals surface area contributed by atoms with Crippen LogP contribution in [-0.2, 0) is 12.7 Å². The molecule has 0 unspecified atom stereocenters. The quantitative estimate of drug-likeness (QED) is 0.791. The number of para-hydroxylation sites is 1. The molecule has 0 aromatic heterocycles. The van der Waals surface area contributed by atoms with E-state index in [1.165, 1.54) is 17.7 Å². The molecule has 0 aliphatic rings. The Morgan fingerprint density at radius 2 is 1.57 bits per heavy atom. The van der Waals surface area contributed by atoms with Crippen molar-refractivity contribution >= 4 is 5.69 Å². The summed E-state index contributed by atoms with van der Waals surface area (Å²) in [6, 6.07) is 13.2. The van der Waals surface area contributed by atoms with Crippen LogP contribution in [0.3, 0.4) is 0 Å². The molecule has 0 amide bonds. The summed E-state index contributed by atoms with van der Waals surface area (Å²) in [5, 5.41) is 3.29. The van der Waals surface area contributed by atoms with Gasteiger partial charge in [0.2, 0.25) is 0 Å². The lowest BCUT2D eigenvalue weighted by Crippen LogP contribution is -2.06. The SMILES string of the molecule is CC(C)c1ccccc1NCc1ccc(C(F)(F)F)cc1. The first-order chi connectivity index (χ1) is 9.88. The Labute approximate surface area is 122 Å². The van der Waals surface area contributed by atoms with E-state index in [1.54, 1.807) is 0 Å². The van der Waals surface area contributed by atoms with Crippen LogP contribution in [0.4, 0.5) is 18.9 Å². The monoisotopic (exact) mass is 293 g/mol. The van der Waals surface area contributed by atoms with Gasteiger partial charge in [-0.15, -0.1) is 0 Å². The predicted molar refractivity (Wildman–Crippen MR) is 79.3 cm³/mol. The number of nitrogens with one attached hydrogen (secondary N) is 1. The smallest absolute Gasteiger partial charge is 0.381 e. The second-order valence-electron chi connectivity index (χ2n) is 5.29. The predicted octanol–water partition coefficient (Wildman–Crippen LogP) is 5.44. The average Bonchev–Trinajstić information content (AvgIpc) is 2.45. The molecule has 0 saturated heterocycles. The van der Waals surface area contributed by atoms with Crippen LogP contribution >= 0.6 is 0 Å². The summed E-state index contributed by atoms with van der Waals surface area (Å²) in [7, 11) is 0. The highest BCUT2D eigenvalue weighted by atomic mass is 19.4. The fraction of sp³-hybridized carbons (Fsp3) is 0.294. The molecule has 21 heavy (non-hydrogen) atoms. The van der Waals surface area contributed by atoms with Crippen molar-refractivity contribution in [2.24, 2.45) is 0 Å². The minimum Gasteiger partial charge on any atom is -0.381 e. The highest BCUT2D eigenvalue weighted by Gasteiger charge is 2.29. The summed E-state index contributed by atoms with van der Waals surface area (Å²) < 4.78 is 37.5. The number of alkyl halides is 3. The number of rotatable bonds is 4. The minimum atomic E-state index is -4.28. The Balaban J connectivity index is 2.07. The van der Waals surface area contributed by atoms with Crippen molar-refractivity contribution in [2.75, 3.05) is 5.32 Å². The molecule has 0 aliphatic heterocycles. The third kappa shape index (κ3) is 4.00. The van der Waals surface area contributed by atoms with Crippen LogP contribution in [0.15, 0.2) is 48.5 Å². The number of benzene rings is 2. The summed E-state index contributed by atoms with van der Waals surface area (Å²) in [5.74, 6) is 0.390. The number of hydrogen-bond acceptors (Lipinski definition) is 1. The van der Waals surface area contributed by atoms with Crippen LogP contribution in [-0.4, -0.2) is 0 Å². The van der Waals surface area contributed by atoms with Crippen molar-refractivity contribution < 1.29 is 13.2 Å². The highest BCUT2D eigenvalue weighted by molar-refractivity contribution is 5.52. The van der Waals surface area contributed by atoms with Gasteiger partial charge in [-0.1, -0.05) is 44.2 Å². The van der Waals surface area contributed by atoms with Crippen molar-refractivity contribution in [1.82, 2.24) is 0 Å². The number of anilines is 1. The van der Waals surface area contributed by atoms with Gasteiger partial charge >= 0.3 is 6.18 Å². The molecule has 0 bridgehead atoms. The second kappa shape index (κ2) is 6.20. The van der Waals surface area contributed by atoms with E-state index in [2.05, 4.69) is 25.2 Å².